The number of carboxylic acids is 1. The van der Waals surface area contributed by atoms with E-state index in [-0.39, 0.29) is 12.0 Å². The Balaban J connectivity index is 3.10. The fourth-order valence-corrected chi connectivity index (χ4v) is 1.73. The van der Waals surface area contributed by atoms with E-state index < -0.39 is 29.7 Å². The van der Waals surface area contributed by atoms with Crippen molar-refractivity contribution >= 4 is 5.97 Å². The Morgan fingerprint density at radius 2 is 2.00 bits per heavy atom. The standard InChI is InChI=1S/C12H13F3O2/c1-6(4-10(14)15)8-3-7(2)11(12(16)17)9(13)5-8/h3,5-6,10H,4H2,1-2H3,(H,16,17). The molecule has 0 radical (unpaired) electrons. The van der Waals surface area contributed by atoms with Gasteiger partial charge < -0.3 is 5.11 Å². The SMILES string of the molecule is Cc1cc(C(C)CC(F)F)cc(F)c1C(=O)O. The van der Waals surface area contributed by atoms with Gasteiger partial charge in [0.15, 0.2) is 0 Å². The van der Waals surface area contributed by atoms with Gasteiger partial charge in [-0.25, -0.2) is 18.0 Å². The highest BCUT2D eigenvalue weighted by atomic mass is 19.3. The van der Waals surface area contributed by atoms with E-state index in [1.165, 1.54) is 13.0 Å². The Morgan fingerprint density at radius 1 is 1.41 bits per heavy atom. The summed E-state index contributed by atoms with van der Waals surface area (Å²) in [5.74, 6) is -2.74. The minimum Gasteiger partial charge on any atom is -0.478 e. The maximum absolute atomic E-state index is 13.5. The predicted molar refractivity (Wildman–Crippen MR) is 57.1 cm³/mol. The molecule has 1 rings (SSSR count). The molecule has 0 heterocycles. The van der Waals surface area contributed by atoms with Crippen LogP contribution in [0.4, 0.5) is 13.2 Å². The highest BCUT2D eigenvalue weighted by Gasteiger charge is 2.18. The van der Waals surface area contributed by atoms with Crippen LogP contribution in [0.3, 0.4) is 0 Å². The van der Waals surface area contributed by atoms with Crippen molar-refractivity contribution in [2.45, 2.75) is 32.6 Å². The molecule has 0 bridgehead atoms. The molecule has 1 aromatic carbocycles. The van der Waals surface area contributed by atoms with E-state index in [9.17, 15) is 18.0 Å². The molecule has 1 aromatic rings. The summed E-state index contributed by atoms with van der Waals surface area (Å²) in [4.78, 5) is 10.7. The van der Waals surface area contributed by atoms with Gasteiger partial charge in [-0.2, -0.15) is 0 Å². The van der Waals surface area contributed by atoms with Gasteiger partial charge in [-0.1, -0.05) is 13.0 Å². The predicted octanol–water partition coefficient (Wildman–Crippen LogP) is 3.59. The van der Waals surface area contributed by atoms with E-state index in [0.717, 1.165) is 6.07 Å². The number of benzene rings is 1. The zero-order valence-electron chi connectivity index (χ0n) is 9.51. The van der Waals surface area contributed by atoms with Crippen molar-refractivity contribution in [2.75, 3.05) is 0 Å². The molecule has 0 saturated heterocycles. The van der Waals surface area contributed by atoms with Gasteiger partial charge in [0.25, 0.3) is 0 Å². The Labute approximate surface area is 97.1 Å². The van der Waals surface area contributed by atoms with Crippen LogP contribution >= 0.6 is 0 Å². The molecule has 1 atom stereocenters. The van der Waals surface area contributed by atoms with Crippen LogP contribution in [0.2, 0.25) is 0 Å². The van der Waals surface area contributed by atoms with Gasteiger partial charge in [0.2, 0.25) is 6.43 Å². The summed E-state index contributed by atoms with van der Waals surface area (Å²) in [6.07, 6.45) is -2.84. The van der Waals surface area contributed by atoms with Gasteiger partial charge in [-0.15, -0.1) is 0 Å². The number of carbonyl (C=O) groups is 1. The number of halogens is 3. The van der Waals surface area contributed by atoms with Gasteiger partial charge in [0.1, 0.15) is 5.82 Å². The zero-order valence-corrected chi connectivity index (χ0v) is 9.51. The Kier molecular flexibility index (Phi) is 4.15. The molecular formula is C12H13F3O2. The first-order chi connectivity index (χ1) is 7.82. The smallest absolute Gasteiger partial charge is 0.338 e. The molecule has 0 aliphatic rings. The van der Waals surface area contributed by atoms with E-state index in [1.54, 1.807) is 6.92 Å². The number of aromatic carboxylic acids is 1. The van der Waals surface area contributed by atoms with Crippen LogP contribution in [0.25, 0.3) is 0 Å². The average molecular weight is 246 g/mol. The molecule has 2 nitrogen and oxygen atoms in total. The minimum absolute atomic E-state index is 0.244. The highest BCUT2D eigenvalue weighted by molar-refractivity contribution is 5.89. The second-order valence-corrected chi connectivity index (χ2v) is 4.03. The molecule has 0 amide bonds. The quantitative estimate of drug-likeness (QED) is 0.881. The number of carboxylic acid groups (broad SMARTS) is 1. The lowest BCUT2D eigenvalue weighted by atomic mass is 9.94. The van der Waals surface area contributed by atoms with E-state index in [1.807, 2.05) is 0 Å². The van der Waals surface area contributed by atoms with Crippen LogP contribution in [0.1, 0.15) is 40.7 Å². The van der Waals surface area contributed by atoms with E-state index in [4.69, 9.17) is 5.11 Å². The summed E-state index contributed by atoms with van der Waals surface area (Å²) in [5.41, 5.74) is 0.233. The number of aryl methyl sites for hydroxylation is 1. The number of alkyl halides is 2. The van der Waals surface area contributed by atoms with Crippen molar-refractivity contribution < 1.29 is 23.1 Å². The first-order valence-electron chi connectivity index (χ1n) is 5.14. The molecule has 0 saturated carbocycles. The molecule has 5 heteroatoms. The first-order valence-corrected chi connectivity index (χ1v) is 5.14. The van der Waals surface area contributed by atoms with Gasteiger partial charge in [0, 0.05) is 6.42 Å². The lowest BCUT2D eigenvalue weighted by Crippen LogP contribution is -2.07. The van der Waals surface area contributed by atoms with Crippen LogP contribution in [0, 0.1) is 12.7 Å². The van der Waals surface area contributed by atoms with Crippen LogP contribution in [-0.4, -0.2) is 17.5 Å². The van der Waals surface area contributed by atoms with Crippen molar-refractivity contribution in [1.82, 2.24) is 0 Å². The van der Waals surface area contributed by atoms with Crippen molar-refractivity contribution in [2.24, 2.45) is 0 Å². The Morgan fingerprint density at radius 3 is 2.41 bits per heavy atom. The summed E-state index contributed by atoms with van der Waals surface area (Å²) in [7, 11) is 0. The van der Waals surface area contributed by atoms with E-state index in [0.29, 0.717) is 5.56 Å². The number of hydrogen-bond acceptors (Lipinski definition) is 1. The molecule has 94 valence electrons. The largest absolute Gasteiger partial charge is 0.478 e. The summed E-state index contributed by atoms with van der Waals surface area (Å²) in [6.45, 7) is 3.01. The fraction of sp³-hybridized carbons (Fsp3) is 0.417. The van der Waals surface area contributed by atoms with Crippen molar-refractivity contribution in [3.8, 4) is 0 Å². The van der Waals surface area contributed by atoms with Gasteiger partial charge in [-0.3, -0.25) is 0 Å². The van der Waals surface area contributed by atoms with Gasteiger partial charge in [0.05, 0.1) is 5.56 Å². The molecule has 0 aromatic heterocycles. The van der Waals surface area contributed by atoms with Crippen LogP contribution in [0.5, 0.6) is 0 Å². The summed E-state index contributed by atoms with van der Waals surface area (Å²) < 4.78 is 37.9. The summed E-state index contributed by atoms with van der Waals surface area (Å²) in [5, 5.41) is 8.76. The minimum atomic E-state index is -2.47. The highest BCUT2D eigenvalue weighted by Crippen LogP contribution is 2.26. The van der Waals surface area contributed by atoms with Crippen molar-refractivity contribution in [1.29, 1.82) is 0 Å². The third kappa shape index (κ3) is 3.22. The number of rotatable bonds is 4. The Bertz CT molecular complexity index is 407. The third-order valence-electron chi connectivity index (χ3n) is 2.62. The maximum Gasteiger partial charge on any atom is 0.338 e. The average Bonchev–Trinajstić information content (AvgIpc) is 2.14. The van der Waals surface area contributed by atoms with Crippen molar-refractivity contribution in [3.63, 3.8) is 0 Å². The zero-order chi connectivity index (χ0) is 13.2. The lowest BCUT2D eigenvalue weighted by Gasteiger charge is -2.13. The maximum atomic E-state index is 13.5. The topological polar surface area (TPSA) is 37.3 Å². The molecule has 0 aliphatic heterocycles. The monoisotopic (exact) mass is 246 g/mol. The number of hydrogen-bond donors (Lipinski definition) is 1. The lowest BCUT2D eigenvalue weighted by molar-refractivity contribution is 0.0690. The molecule has 0 spiro atoms. The fourth-order valence-electron chi connectivity index (χ4n) is 1.73. The first kappa shape index (κ1) is 13.5. The second kappa shape index (κ2) is 5.21. The van der Waals surface area contributed by atoms with Crippen molar-refractivity contribution in [3.05, 3.63) is 34.6 Å². The van der Waals surface area contributed by atoms with E-state index in [2.05, 4.69) is 0 Å². The second-order valence-electron chi connectivity index (χ2n) is 4.03. The van der Waals surface area contributed by atoms with E-state index >= 15 is 0 Å². The summed E-state index contributed by atoms with van der Waals surface area (Å²) >= 11 is 0. The van der Waals surface area contributed by atoms with Gasteiger partial charge >= 0.3 is 5.97 Å². The normalized spacial score (nSPS) is 12.8. The Hall–Kier alpha value is -1.52. The van der Waals surface area contributed by atoms with Crippen LogP contribution < -0.4 is 0 Å². The molecule has 1 unspecified atom stereocenters. The summed E-state index contributed by atoms with van der Waals surface area (Å²) in [6, 6.07) is 2.46. The molecular weight excluding hydrogens is 233 g/mol. The molecule has 0 aliphatic carbocycles. The van der Waals surface area contributed by atoms with Crippen LogP contribution in [0.15, 0.2) is 12.1 Å². The third-order valence-corrected chi connectivity index (χ3v) is 2.62. The molecule has 17 heavy (non-hydrogen) atoms. The molecule has 1 N–H and O–H groups in total. The van der Waals surface area contributed by atoms with Crippen LogP contribution in [-0.2, 0) is 0 Å². The van der Waals surface area contributed by atoms with Gasteiger partial charge in [-0.05, 0) is 30.0 Å². The molecule has 0 fully saturated rings.